The Bertz CT molecular complexity index is 1230. The van der Waals surface area contributed by atoms with E-state index in [0.29, 0.717) is 24.0 Å². The van der Waals surface area contributed by atoms with Crippen LogP contribution >= 0.6 is 0 Å². The molecule has 6 heteroatoms. The summed E-state index contributed by atoms with van der Waals surface area (Å²) in [7, 11) is 3.74. The first-order valence-electron chi connectivity index (χ1n) is 13.7. The predicted octanol–water partition coefficient (Wildman–Crippen LogP) is 6.73. The van der Waals surface area contributed by atoms with Crippen molar-refractivity contribution in [2.45, 2.75) is 52.0 Å². The Balaban J connectivity index is 1.54. The van der Waals surface area contributed by atoms with E-state index >= 15 is 4.39 Å². The van der Waals surface area contributed by atoms with Gasteiger partial charge in [-0.05, 0) is 97.8 Å². The first-order valence-corrected chi connectivity index (χ1v) is 13.7. The molecule has 0 amide bonds. The SMILES string of the molecule is CCN(CC)CCOc1ccc(C(C)N(C)c2cc(OC)ccc2[C@@H]2CCc3cc(O)ccc3C2)cc1F. The van der Waals surface area contributed by atoms with Crippen molar-refractivity contribution in [2.24, 2.45) is 0 Å². The minimum Gasteiger partial charge on any atom is -0.508 e. The van der Waals surface area contributed by atoms with Crippen LogP contribution in [0.5, 0.6) is 17.2 Å². The van der Waals surface area contributed by atoms with Crippen molar-refractivity contribution in [1.82, 2.24) is 4.90 Å². The van der Waals surface area contributed by atoms with E-state index in [1.807, 2.05) is 24.3 Å². The van der Waals surface area contributed by atoms with Crippen LogP contribution in [0.2, 0.25) is 0 Å². The maximum absolute atomic E-state index is 15.0. The molecule has 0 saturated carbocycles. The van der Waals surface area contributed by atoms with Gasteiger partial charge in [-0.1, -0.05) is 32.0 Å². The molecule has 4 rings (SSSR count). The fourth-order valence-electron chi connectivity index (χ4n) is 5.46. The summed E-state index contributed by atoms with van der Waals surface area (Å²) >= 11 is 0. The number of hydrogen-bond acceptors (Lipinski definition) is 5. The molecule has 0 heterocycles. The summed E-state index contributed by atoms with van der Waals surface area (Å²) in [5, 5.41) is 9.88. The lowest BCUT2D eigenvalue weighted by Gasteiger charge is -2.33. The van der Waals surface area contributed by atoms with Crippen LogP contribution in [0.15, 0.2) is 54.6 Å². The monoisotopic (exact) mass is 520 g/mol. The highest BCUT2D eigenvalue weighted by Gasteiger charge is 2.26. The summed E-state index contributed by atoms with van der Waals surface area (Å²) < 4.78 is 26.4. The second-order valence-electron chi connectivity index (χ2n) is 10.2. The number of aryl methyl sites for hydroxylation is 1. The van der Waals surface area contributed by atoms with Gasteiger partial charge in [0.2, 0.25) is 0 Å². The molecule has 0 saturated heterocycles. The van der Waals surface area contributed by atoms with Crippen LogP contribution in [0.4, 0.5) is 10.1 Å². The van der Waals surface area contributed by atoms with Gasteiger partial charge in [0.05, 0.1) is 13.2 Å². The number of benzene rings is 3. The van der Waals surface area contributed by atoms with Crippen molar-refractivity contribution in [3.63, 3.8) is 0 Å². The first-order chi connectivity index (χ1) is 18.3. The molecule has 1 N–H and O–H groups in total. The second-order valence-corrected chi connectivity index (χ2v) is 10.2. The number of aromatic hydroxyl groups is 1. The zero-order valence-corrected chi connectivity index (χ0v) is 23.3. The summed E-state index contributed by atoms with van der Waals surface area (Å²) in [5.41, 5.74) is 5.75. The summed E-state index contributed by atoms with van der Waals surface area (Å²) in [6, 6.07) is 17.2. The molecule has 3 aromatic rings. The number of nitrogens with zero attached hydrogens (tertiary/aromatic N) is 2. The van der Waals surface area contributed by atoms with Gasteiger partial charge in [0.1, 0.15) is 18.1 Å². The van der Waals surface area contributed by atoms with E-state index < -0.39 is 0 Å². The zero-order valence-electron chi connectivity index (χ0n) is 23.3. The molecule has 0 aliphatic heterocycles. The second kappa shape index (κ2) is 12.5. The van der Waals surface area contributed by atoms with Gasteiger partial charge in [0.25, 0.3) is 0 Å². The fraction of sp³-hybridized carbons (Fsp3) is 0.438. The molecule has 3 aromatic carbocycles. The zero-order chi connectivity index (χ0) is 27.2. The highest BCUT2D eigenvalue weighted by atomic mass is 19.1. The van der Waals surface area contributed by atoms with Gasteiger partial charge < -0.3 is 24.4 Å². The molecule has 0 fully saturated rings. The Morgan fingerprint density at radius 3 is 2.53 bits per heavy atom. The van der Waals surface area contributed by atoms with E-state index in [2.05, 4.69) is 49.8 Å². The quantitative estimate of drug-likeness (QED) is 0.304. The number of likely N-dealkylation sites (N-methyl/N-ethyl adjacent to an activating group) is 1. The van der Waals surface area contributed by atoms with E-state index in [1.54, 1.807) is 25.3 Å². The molecule has 1 aliphatic rings. The van der Waals surface area contributed by atoms with Gasteiger partial charge in [-0.15, -0.1) is 0 Å². The van der Waals surface area contributed by atoms with Gasteiger partial charge in [-0.25, -0.2) is 4.39 Å². The number of halogens is 1. The normalized spacial score (nSPS) is 15.7. The minimum absolute atomic E-state index is 0.0621. The maximum Gasteiger partial charge on any atom is 0.165 e. The number of methoxy groups -OCH3 is 1. The Morgan fingerprint density at radius 1 is 1.03 bits per heavy atom. The average Bonchev–Trinajstić information content (AvgIpc) is 2.94. The third kappa shape index (κ3) is 6.24. The molecule has 0 spiro atoms. The largest absolute Gasteiger partial charge is 0.508 e. The first kappa shape index (κ1) is 27.8. The topological polar surface area (TPSA) is 45.2 Å². The van der Waals surface area contributed by atoms with Gasteiger partial charge >= 0.3 is 0 Å². The molecule has 1 unspecified atom stereocenters. The van der Waals surface area contributed by atoms with Crippen LogP contribution < -0.4 is 14.4 Å². The molecule has 2 atom stereocenters. The van der Waals surface area contributed by atoms with E-state index in [9.17, 15) is 5.11 Å². The Hall–Kier alpha value is -3.25. The van der Waals surface area contributed by atoms with Gasteiger partial charge in [-0.3, -0.25) is 0 Å². The van der Waals surface area contributed by atoms with Crippen molar-refractivity contribution < 1.29 is 19.0 Å². The molecule has 0 radical (unpaired) electrons. The van der Waals surface area contributed by atoms with Gasteiger partial charge in [-0.2, -0.15) is 0 Å². The molecule has 5 nitrogen and oxygen atoms in total. The Morgan fingerprint density at radius 2 is 1.82 bits per heavy atom. The predicted molar refractivity (Wildman–Crippen MR) is 152 cm³/mol. The van der Waals surface area contributed by atoms with E-state index in [1.165, 1.54) is 16.7 Å². The number of hydrogen-bond donors (Lipinski definition) is 1. The third-order valence-corrected chi connectivity index (χ3v) is 8.05. The number of rotatable bonds is 11. The number of phenols is 1. The van der Waals surface area contributed by atoms with E-state index in [4.69, 9.17) is 9.47 Å². The molecule has 0 aromatic heterocycles. The van der Waals surface area contributed by atoms with Crippen molar-refractivity contribution in [1.29, 1.82) is 0 Å². The summed E-state index contributed by atoms with van der Waals surface area (Å²) in [6.07, 6.45) is 2.86. The standard InChI is InChI=1S/C32H41FN2O3/c1-6-35(7-2)16-17-38-32-15-11-23(20-30(32)33)22(3)34(4)31-21-28(37-5)13-14-29(31)26-9-8-25-19-27(36)12-10-24(25)18-26/h10-15,19-22,26,36H,6-9,16-18H2,1-5H3/t22?,26-/m1/s1. The summed E-state index contributed by atoms with van der Waals surface area (Å²) in [6.45, 7) is 9.47. The maximum atomic E-state index is 15.0. The van der Waals surface area contributed by atoms with Crippen LogP contribution in [0.3, 0.4) is 0 Å². The fourth-order valence-corrected chi connectivity index (χ4v) is 5.46. The summed E-state index contributed by atoms with van der Waals surface area (Å²) in [5.74, 6) is 1.44. The number of ether oxygens (including phenoxy) is 2. The van der Waals surface area contributed by atoms with Crippen LogP contribution in [0.25, 0.3) is 0 Å². The molecule has 38 heavy (non-hydrogen) atoms. The molecule has 0 bridgehead atoms. The minimum atomic E-state index is -0.333. The molecule has 204 valence electrons. The number of anilines is 1. The van der Waals surface area contributed by atoms with Crippen LogP contribution in [0.1, 0.15) is 61.4 Å². The van der Waals surface area contributed by atoms with E-state index in [0.717, 1.165) is 55.9 Å². The van der Waals surface area contributed by atoms with Crippen molar-refractivity contribution in [3.05, 3.63) is 82.7 Å². The lowest BCUT2D eigenvalue weighted by atomic mass is 9.79. The smallest absolute Gasteiger partial charge is 0.165 e. The van der Waals surface area contributed by atoms with Crippen molar-refractivity contribution in [3.8, 4) is 17.2 Å². The lowest BCUT2D eigenvalue weighted by Crippen LogP contribution is -2.28. The summed E-state index contributed by atoms with van der Waals surface area (Å²) in [4.78, 5) is 4.46. The van der Waals surface area contributed by atoms with Gasteiger partial charge in [0.15, 0.2) is 11.6 Å². The average molecular weight is 521 g/mol. The third-order valence-electron chi connectivity index (χ3n) is 8.05. The van der Waals surface area contributed by atoms with E-state index in [-0.39, 0.29) is 11.9 Å². The molecular weight excluding hydrogens is 479 g/mol. The number of phenolic OH excluding ortho intramolecular Hbond substituents is 1. The Labute approximate surface area is 226 Å². The van der Waals surface area contributed by atoms with Crippen LogP contribution in [0, 0.1) is 5.82 Å². The molecular formula is C32H41FN2O3. The van der Waals surface area contributed by atoms with Crippen LogP contribution in [-0.4, -0.2) is 50.4 Å². The van der Waals surface area contributed by atoms with Crippen molar-refractivity contribution >= 4 is 5.69 Å². The lowest BCUT2D eigenvalue weighted by molar-refractivity contribution is 0.217. The van der Waals surface area contributed by atoms with Crippen molar-refractivity contribution in [2.75, 3.05) is 45.3 Å². The highest BCUT2D eigenvalue weighted by molar-refractivity contribution is 5.60. The molecule has 1 aliphatic carbocycles. The highest BCUT2D eigenvalue weighted by Crippen LogP contribution is 2.41. The van der Waals surface area contributed by atoms with Crippen LogP contribution in [-0.2, 0) is 12.8 Å². The van der Waals surface area contributed by atoms with Gasteiger partial charge in [0, 0.05) is 25.3 Å². The number of fused-ring (bicyclic) bond motifs is 1. The Kier molecular flexibility index (Phi) is 9.16.